The Balaban J connectivity index is 1.79. The third-order valence-corrected chi connectivity index (χ3v) is 3.84. The van der Waals surface area contributed by atoms with Crippen LogP contribution in [0.15, 0.2) is 41.5 Å². The maximum absolute atomic E-state index is 11.1. The molecule has 2 N–H and O–H groups in total. The van der Waals surface area contributed by atoms with Gasteiger partial charge in [0.2, 0.25) is 0 Å². The standard InChI is InChI=1S/C17H15ClN2O4/c1-10(11-2-5-15-16(8-11)24-7-6-23-15)19-20-12-3-4-14(18)13(9-12)17(21)22/h2-5,8-9,20H,6-7H2,1H3,(H,21,22)/b19-10+. The average Bonchev–Trinajstić information content (AvgIpc) is 2.60. The molecule has 0 unspecified atom stereocenters. The molecule has 0 saturated carbocycles. The molecular formula is C17H15ClN2O4. The number of carboxylic acids is 1. The van der Waals surface area contributed by atoms with Crippen molar-refractivity contribution in [3.63, 3.8) is 0 Å². The Kier molecular flexibility index (Phi) is 4.57. The SMILES string of the molecule is C/C(=N\Nc1ccc(Cl)c(C(=O)O)c1)c1ccc2c(c1)OCCO2. The van der Waals surface area contributed by atoms with Crippen LogP contribution in [0.1, 0.15) is 22.8 Å². The van der Waals surface area contributed by atoms with Gasteiger partial charge in [0.1, 0.15) is 13.2 Å². The number of aromatic carboxylic acids is 1. The van der Waals surface area contributed by atoms with Crippen molar-refractivity contribution in [3.8, 4) is 11.5 Å². The summed E-state index contributed by atoms with van der Waals surface area (Å²) in [5.74, 6) is 0.318. The van der Waals surface area contributed by atoms with Crippen LogP contribution in [0.25, 0.3) is 0 Å². The molecule has 1 heterocycles. The molecular weight excluding hydrogens is 332 g/mol. The zero-order valence-corrected chi connectivity index (χ0v) is 13.6. The van der Waals surface area contributed by atoms with Crippen LogP contribution < -0.4 is 14.9 Å². The molecule has 3 rings (SSSR count). The summed E-state index contributed by atoms with van der Waals surface area (Å²) in [5, 5.41) is 13.5. The van der Waals surface area contributed by atoms with Gasteiger partial charge in [0.25, 0.3) is 0 Å². The van der Waals surface area contributed by atoms with Crippen molar-refractivity contribution in [1.82, 2.24) is 0 Å². The summed E-state index contributed by atoms with van der Waals surface area (Å²) in [4.78, 5) is 11.1. The van der Waals surface area contributed by atoms with Crippen molar-refractivity contribution in [1.29, 1.82) is 0 Å². The van der Waals surface area contributed by atoms with Gasteiger partial charge < -0.3 is 14.6 Å². The Bertz CT molecular complexity index is 820. The number of benzene rings is 2. The maximum atomic E-state index is 11.1. The number of carboxylic acid groups (broad SMARTS) is 1. The van der Waals surface area contributed by atoms with E-state index >= 15 is 0 Å². The normalized spacial score (nSPS) is 13.5. The van der Waals surface area contributed by atoms with E-state index in [1.54, 1.807) is 6.07 Å². The van der Waals surface area contributed by atoms with E-state index in [-0.39, 0.29) is 10.6 Å². The Morgan fingerprint density at radius 1 is 1.17 bits per heavy atom. The Morgan fingerprint density at radius 3 is 2.67 bits per heavy atom. The first-order valence-electron chi connectivity index (χ1n) is 7.28. The zero-order chi connectivity index (χ0) is 17.1. The first-order valence-corrected chi connectivity index (χ1v) is 7.65. The van der Waals surface area contributed by atoms with Crippen LogP contribution in [0.4, 0.5) is 5.69 Å². The number of hydrogen-bond donors (Lipinski definition) is 2. The van der Waals surface area contributed by atoms with Gasteiger partial charge in [-0.1, -0.05) is 11.6 Å². The van der Waals surface area contributed by atoms with E-state index in [4.69, 9.17) is 26.2 Å². The first kappa shape index (κ1) is 16.1. The molecule has 0 bridgehead atoms. The lowest BCUT2D eigenvalue weighted by molar-refractivity contribution is 0.0697. The Morgan fingerprint density at radius 2 is 1.92 bits per heavy atom. The number of anilines is 1. The van der Waals surface area contributed by atoms with Gasteiger partial charge in [-0.15, -0.1) is 0 Å². The average molecular weight is 347 g/mol. The van der Waals surface area contributed by atoms with Gasteiger partial charge >= 0.3 is 5.97 Å². The molecule has 2 aromatic carbocycles. The number of hydrazone groups is 1. The minimum Gasteiger partial charge on any atom is -0.486 e. The molecule has 0 fully saturated rings. The van der Waals surface area contributed by atoms with Gasteiger partial charge in [-0.05, 0) is 43.3 Å². The molecule has 6 nitrogen and oxygen atoms in total. The third-order valence-electron chi connectivity index (χ3n) is 3.51. The fraction of sp³-hybridized carbons (Fsp3) is 0.176. The van der Waals surface area contributed by atoms with Crippen molar-refractivity contribution in [2.24, 2.45) is 5.10 Å². The predicted molar refractivity (Wildman–Crippen MR) is 91.7 cm³/mol. The van der Waals surface area contributed by atoms with Crippen LogP contribution in [0.5, 0.6) is 11.5 Å². The van der Waals surface area contributed by atoms with Crippen LogP contribution in [0.2, 0.25) is 5.02 Å². The molecule has 124 valence electrons. The summed E-state index contributed by atoms with van der Waals surface area (Å²) in [5.41, 5.74) is 4.99. The van der Waals surface area contributed by atoms with Crippen molar-refractivity contribution in [2.75, 3.05) is 18.6 Å². The van der Waals surface area contributed by atoms with Crippen molar-refractivity contribution in [3.05, 3.63) is 52.5 Å². The number of hydrogen-bond acceptors (Lipinski definition) is 5. The molecule has 2 aromatic rings. The van der Waals surface area contributed by atoms with E-state index in [0.29, 0.717) is 24.7 Å². The summed E-state index contributed by atoms with van der Waals surface area (Å²) in [6.45, 7) is 2.91. The molecule has 0 atom stereocenters. The summed E-state index contributed by atoms with van der Waals surface area (Å²) >= 11 is 5.85. The van der Waals surface area contributed by atoms with E-state index in [9.17, 15) is 4.79 Å². The van der Waals surface area contributed by atoms with Crippen molar-refractivity contribution < 1.29 is 19.4 Å². The lowest BCUT2D eigenvalue weighted by Crippen LogP contribution is -2.15. The van der Waals surface area contributed by atoms with E-state index < -0.39 is 5.97 Å². The molecule has 0 aliphatic carbocycles. The molecule has 1 aliphatic heterocycles. The summed E-state index contributed by atoms with van der Waals surface area (Å²) < 4.78 is 11.0. The lowest BCUT2D eigenvalue weighted by Gasteiger charge is -2.18. The van der Waals surface area contributed by atoms with Gasteiger partial charge in [-0.2, -0.15) is 5.10 Å². The predicted octanol–water partition coefficient (Wildman–Crippen LogP) is 3.65. The molecule has 0 saturated heterocycles. The van der Waals surface area contributed by atoms with E-state index in [0.717, 1.165) is 17.0 Å². The van der Waals surface area contributed by atoms with E-state index in [1.165, 1.54) is 12.1 Å². The first-order chi connectivity index (χ1) is 11.5. The number of carbonyl (C=O) groups is 1. The maximum Gasteiger partial charge on any atom is 0.337 e. The molecule has 1 aliphatic rings. The topological polar surface area (TPSA) is 80.2 Å². The van der Waals surface area contributed by atoms with E-state index in [2.05, 4.69) is 10.5 Å². The lowest BCUT2D eigenvalue weighted by atomic mass is 10.1. The monoisotopic (exact) mass is 346 g/mol. The highest BCUT2D eigenvalue weighted by Crippen LogP contribution is 2.31. The summed E-state index contributed by atoms with van der Waals surface area (Å²) in [7, 11) is 0. The second kappa shape index (κ2) is 6.80. The van der Waals surface area contributed by atoms with Crippen LogP contribution in [0, 0.1) is 0 Å². The smallest absolute Gasteiger partial charge is 0.337 e. The molecule has 7 heteroatoms. The van der Waals surface area contributed by atoms with Crippen LogP contribution in [-0.2, 0) is 0 Å². The Labute approximate surface area is 143 Å². The number of ether oxygens (including phenoxy) is 2. The van der Waals surface area contributed by atoms with Gasteiger partial charge in [-0.25, -0.2) is 4.79 Å². The van der Waals surface area contributed by atoms with E-state index in [1.807, 2.05) is 25.1 Å². The number of rotatable bonds is 4. The highest BCUT2D eigenvalue weighted by atomic mass is 35.5. The number of nitrogens with one attached hydrogen (secondary N) is 1. The fourth-order valence-electron chi connectivity index (χ4n) is 2.24. The number of nitrogens with zero attached hydrogens (tertiary/aromatic N) is 1. The van der Waals surface area contributed by atoms with Crippen LogP contribution in [0.3, 0.4) is 0 Å². The molecule has 0 radical (unpaired) electrons. The second-order valence-corrected chi connectivity index (χ2v) is 5.57. The van der Waals surface area contributed by atoms with Crippen molar-refractivity contribution >= 4 is 29.0 Å². The highest BCUT2D eigenvalue weighted by molar-refractivity contribution is 6.33. The van der Waals surface area contributed by atoms with Gasteiger partial charge in [-0.3, -0.25) is 5.43 Å². The van der Waals surface area contributed by atoms with Crippen molar-refractivity contribution in [2.45, 2.75) is 6.92 Å². The largest absolute Gasteiger partial charge is 0.486 e. The fourth-order valence-corrected chi connectivity index (χ4v) is 2.44. The molecule has 0 aromatic heterocycles. The third kappa shape index (κ3) is 3.44. The number of halogens is 1. The van der Waals surface area contributed by atoms with Gasteiger partial charge in [0.05, 0.1) is 22.0 Å². The number of fused-ring (bicyclic) bond motifs is 1. The zero-order valence-electron chi connectivity index (χ0n) is 12.9. The minimum absolute atomic E-state index is 0.0221. The molecule has 0 amide bonds. The van der Waals surface area contributed by atoms with Gasteiger partial charge in [0.15, 0.2) is 11.5 Å². The van der Waals surface area contributed by atoms with Crippen LogP contribution >= 0.6 is 11.6 Å². The second-order valence-electron chi connectivity index (χ2n) is 5.17. The molecule has 24 heavy (non-hydrogen) atoms. The minimum atomic E-state index is -1.09. The Hall–Kier alpha value is -2.73. The summed E-state index contributed by atoms with van der Waals surface area (Å²) in [6.07, 6.45) is 0. The molecule has 0 spiro atoms. The quantitative estimate of drug-likeness (QED) is 0.652. The van der Waals surface area contributed by atoms with Gasteiger partial charge in [0, 0.05) is 5.56 Å². The highest BCUT2D eigenvalue weighted by Gasteiger charge is 2.13. The summed E-state index contributed by atoms with van der Waals surface area (Å²) in [6, 6.07) is 10.2. The van der Waals surface area contributed by atoms with Crippen LogP contribution in [-0.4, -0.2) is 30.0 Å².